The average Bonchev–Trinajstić information content (AvgIpc) is 2.93. The minimum atomic E-state index is -0.749. The van der Waals surface area contributed by atoms with Gasteiger partial charge in [0.1, 0.15) is 18.5 Å². The van der Waals surface area contributed by atoms with E-state index < -0.39 is 17.9 Å². The zero-order valence-corrected chi connectivity index (χ0v) is 20.1. The summed E-state index contributed by atoms with van der Waals surface area (Å²) in [5, 5.41) is 0. The highest BCUT2D eigenvalue weighted by Crippen LogP contribution is 2.31. The number of likely N-dealkylation sites (tertiary alicyclic amines) is 1. The van der Waals surface area contributed by atoms with Crippen LogP contribution in [0.3, 0.4) is 0 Å². The van der Waals surface area contributed by atoms with E-state index in [4.69, 9.17) is 9.47 Å². The predicted octanol–water partition coefficient (Wildman–Crippen LogP) is 4.56. The van der Waals surface area contributed by atoms with Crippen molar-refractivity contribution < 1.29 is 23.5 Å². The molecule has 0 aliphatic carbocycles. The number of nitrogens with zero attached hydrogens (tertiary/aromatic N) is 1. The Balaban J connectivity index is 1.48. The third kappa shape index (κ3) is 6.18. The molecule has 6 heteroatoms. The molecule has 1 heterocycles. The van der Waals surface area contributed by atoms with E-state index in [1.165, 1.54) is 19.2 Å². The fourth-order valence-corrected chi connectivity index (χ4v) is 4.47. The largest absolute Gasteiger partial charge is 0.467 e. The van der Waals surface area contributed by atoms with Crippen molar-refractivity contribution in [2.45, 2.75) is 30.9 Å². The van der Waals surface area contributed by atoms with Crippen LogP contribution in [0.25, 0.3) is 0 Å². The summed E-state index contributed by atoms with van der Waals surface area (Å²) >= 11 is 0. The second kappa shape index (κ2) is 12.1. The first-order valence-corrected chi connectivity index (χ1v) is 11.9. The quantitative estimate of drug-likeness (QED) is 0.380. The molecule has 4 rings (SSSR count). The van der Waals surface area contributed by atoms with E-state index in [2.05, 4.69) is 11.8 Å². The maximum Gasteiger partial charge on any atom is 0.328 e. The van der Waals surface area contributed by atoms with Gasteiger partial charge in [0, 0.05) is 18.5 Å². The molecule has 1 saturated heterocycles. The van der Waals surface area contributed by atoms with Crippen molar-refractivity contribution in [1.82, 2.24) is 4.90 Å². The van der Waals surface area contributed by atoms with Crippen molar-refractivity contribution in [1.29, 1.82) is 0 Å². The summed E-state index contributed by atoms with van der Waals surface area (Å²) in [4.78, 5) is 28.3. The lowest BCUT2D eigenvalue weighted by atomic mass is 9.88. The number of carbonyl (C=O) groups excluding carboxylic acids is 2. The van der Waals surface area contributed by atoms with Gasteiger partial charge in [0.2, 0.25) is 5.91 Å². The molecule has 2 atom stereocenters. The molecule has 36 heavy (non-hydrogen) atoms. The van der Waals surface area contributed by atoms with Crippen LogP contribution in [-0.4, -0.2) is 49.2 Å². The lowest BCUT2D eigenvalue weighted by molar-refractivity contribution is -0.158. The first-order chi connectivity index (χ1) is 17.6. The Morgan fingerprint density at radius 2 is 1.58 bits per heavy atom. The number of hydrogen-bond acceptors (Lipinski definition) is 4. The van der Waals surface area contributed by atoms with Crippen molar-refractivity contribution in [3.05, 3.63) is 107 Å². The number of hydrogen-bond donors (Lipinski definition) is 0. The maximum atomic E-state index is 13.9. The van der Waals surface area contributed by atoms with Gasteiger partial charge < -0.3 is 14.4 Å². The van der Waals surface area contributed by atoms with Crippen LogP contribution in [0.1, 0.15) is 35.4 Å². The van der Waals surface area contributed by atoms with Crippen molar-refractivity contribution in [3.8, 4) is 11.8 Å². The molecule has 5 nitrogen and oxygen atoms in total. The predicted molar refractivity (Wildman–Crippen MR) is 134 cm³/mol. The molecule has 0 N–H and O–H groups in total. The number of piperidine rings is 1. The van der Waals surface area contributed by atoms with Gasteiger partial charge in [-0.2, -0.15) is 0 Å². The Labute approximate surface area is 210 Å². The van der Waals surface area contributed by atoms with Gasteiger partial charge in [-0.1, -0.05) is 72.5 Å². The van der Waals surface area contributed by atoms with E-state index in [0.29, 0.717) is 24.9 Å². The number of methoxy groups -OCH3 is 1. The summed E-state index contributed by atoms with van der Waals surface area (Å²) in [5.74, 6) is 4.42. The van der Waals surface area contributed by atoms with Crippen LogP contribution in [0.2, 0.25) is 0 Å². The second-order valence-electron chi connectivity index (χ2n) is 8.59. The lowest BCUT2D eigenvalue weighted by Crippen LogP contribution is -2.53. The number of rotatable bonds is 6. The highest BCUT2D eigenvalue weighted by Gasteiger charge is 2.40. The van der Waals surface area contributed by atoms with E-state index in [9.17, 15) is 14.0 Å². The van der Waals surface area contributed by atoms with E-state index in [1.54, 1.807) is 17.0 Å². The lowest BCUT2D eigenvalue weighted by Gasteiger charge is -2.39. The zero-order chi connectivity index (χ0) is 25.3. The molecule has 0 aromatic heterocycles. The maximum absolute atomic E-state index is 13.9. The highest BCUT2D eigenvalue weighted by molar-refractivity contribution is 5.91. The molecule has 3 aromatic rings. The van der Waals surface area contributed by atoms with Gasteiger partial charge in [0.15, 0.2) is 0 Å². The number of carbonyl (C=O) groups is 2. The van der Waals surface area contributed by atoms with Gasteiger partial charge in [0.05, 0.1) is 19.1 Å². The molecule has 1 aliphatic rings. The Hall–Kier alpha value is -3.95. The molecule has 0 saturated carbocycles. The Morgan fingerprint density at radius 1 is 0.972 bits per heavy atom. The van der Waals surface area contributed by atoms with Gasteiger partial charge >= 0.3 is 5.97 Å². The number of amides is 1. The van der Waals surface area contributed by atoms with Crippen LogP contribution in [0.15, 0.2) is 84.9 Å². The molecule has 3 aromatic carbocycles. The molecule has 1 aliphatic heterocycles. The monoisotopic (exact) mass is 485 g/mol. The third-order valence-corrected chi connectivity index (χ3v) is 6.29. The van der Waals surface area contributed by atoms with Gasteiger partial charge in [-0.25, -0.2) is 9.18 Å². The molecule has 0 bridgehead atoms. The fraction of sp³-hybridized carbons (Fsp3) is 0.267. The standard InChI is InChI=1S/C30H28FNO4/c1-35-30(34)27-21-26(36-20-8-9-22-14-16-25(31)17-15-22)18-19-32(27)29(33)28(23-10-4-2-5-11-23)24-12-6-3-7-13-24/h2-7,10-17,26-28H,18-21H2,1H3/t26-,27+/m1/s1. The summed E-state index contributed by atoms with van der Waals surface area (Å²) in [5.41, 5.74) is 2.43. The first-order valence-electron chi connectivity index (χ1n) is 11.9. The average molecular weight is 486 g/mol. The molecular weight excluding hydrogens is 457 g/mol. The second-order valence-corrected chi connectivity index (χ2v) is 8.59. The van der Waals surface area contributed by atoms with Crippen molar-refractivity contribution in [3.63, 3.8) is 0 Å². The van der Waals surface area contributed by atoms with E-state index in [-0.39, 0.29) is 24.4 Å². The molecular formula is C30H28FNO4. The van der Waals surface area contributed by atoms with Gasteiger partial charge in [-0.05, 0) is 41.8 Å². The van der Waals surface area contributed by atoms with E-state index >= 15 is 0 Å². The number of halogens is 1. The van der Waals surface area contributed by atoms with Crippen molar-refractivity contribution in [2.75, 3.05) is 20.3 Å². The van der Waals surface area contributed by atoms with Gasteiger partial charge in [-0.15, -0.1) is 0 Å². The zero-order valence-electron chi connectivity index (χ0n) is 20.1. The SMILES string of the molecule is COC(=O)[C@@H]1C[C@H](OCC#Cc2ccc(F)cc2)CCN1C(=O)C(c1ccccc1)c1ccccc1. The van der Waals surface area contributed by atoms with Crippen LogP contribution in [0.4, 0.5) is 4.39 Å². The molecule has 0 spiro atoms. The number of ether oxygens (including phenoxy) is 2. The summed E-state index contributed by atoms with van der Waals surface area (Å²) < 4.78 is 24.0. The number of benzene rings is 3. The number of esters is 1. The third-order valence-electron chi connectivity index (χ3n) is 6.29. The summed E-state index contributed by atoms with van der Waals surface area (Å²) in [6.45, 7) is 0.533. The molecule has 184 valence electrons. The van der Waals surface area contributed by atoms with Crippen LogP contribution >= 0.6 is 0 Å². The topological polar surface area (TPSA) is 55.8 Å². The van der Waals surface area contributed by atoms with Crippen molar-refractivity contribution >= 4 is 11.9 Å². The summed E-state index contributed by atoms with van der Waals surface area (Å²) in [7, 11) is 1.33. The van der Waals surface area contributed by atoms with Crippen LogP contribution in [0, 0.1) is 17.7 Å². The smallest absolute Gasteiger partial charge is 0.328 e. The Kier molecular flexibility index (Phi) is 8.48. The Bertz CT molecular complexity index is 1180. The normalized spacial score (nSPS) is 17.2. The molecule has 0 unspecified atom stereocenters. The molecule has 1 fully saturated rings. The highest BCUT2D eigenvalue weighted by atomic mass is 19.1. The van der Waals surface area contributed by atoms with E-state index in [1.807, 2.05) is 60.7 Å². The van der Waals surface area contributed by atoms with E-state index in [0.717, 1.165) is 11.1 Å². The van der Waals surface area contributed by atoms with Crippen LogP contribution < -0.4 is 0 Å². The minimum Gasteiger partial charge on any atom is -0.467 e. The van der Waals surface area contributed by atoms with Crippen LogP contribution in [-0.2, 0) is 19.1 Å². The van der Waals surface area contributed by atoms with Gasteiger partial charge in [0.25, 0.3) is 0 Å². The van der Waals surface area contributed by atoms with Crippen LogP contribution in [0.5, 0.6) is 0 Å². The minimum absolute atomic E-state index is 0.141. The summed E-state index contributed by atoms with van der Waals surface area (Å²) in [6.07, 6.45) is 0.660. The first kappa shape index (κ1) is 25.2. The molecule has 1 amide bonds. The summed E-state index contributed by atoms with van der Waals surface area (Å²) in [6, 6.07) is 24.3. The molecule has 0 radical (unpaired) electrons. The Morgan fingerprint density at radius 3 is 2.17 bits per heavy atom. The van der Waals surface area contributed by atoms with Crippen molar-refractivity contribution in [2.24, 2.45) is 0 Å². The van der Waals surface area contributed by atoms with Gasteiger partial charge in [-0.3, -0.25) is 4.79 Å². The fourth-order valence-electron chi connectivity index (χ4n) is 4.47.